The van der Waals surface area contributed by atoms with Crippen LogP contribution in [-0.4, -0.2) is 12.6 Å². The number of para-hydroxylation sites is 2. The minimum absolute atomic E-state index is 0.224. The van der Waals surface area contributed by atoms with Gasteiger partial charge in [0.15, 0.2) is 0 Å². The number of nitrogens with two attached hydrogens (primary N) is 1. The smallest absolute Gasteiger partial charge is 0.0443 e. The fourth-order valence-corrected chi connectivity index (χ4v) is 2.71. The van der Waals surface area contributed by atoms with Crippen LogP contribution in [0.15, 0.2) is 48.5 Å². The second-order valence-electron chi connectivity index (χ2n) is 5.53. The molecular formula is C19H26N2. The van der Waals surface area contributed by atoms with Crippen LogP contribution in [0.25, 0.3) is 0 Å². The fraction of sp³-hybridized carbons (Fsp3) is 0.368. The molecule has 0 aliphatic rings. The third-order valence-electron chi connectivity index (χ3n) is 4.01. The second-order valence-corrected chi connectivity index (χ2v) is 5.53. The van der Waals surface area contributed by atoms with Gasteiger partial charge in [0.2, 0.25) is 0 Å². The third-order valence-corrected chi connectivity index (χ3v) is 4.01. The Kier molecular flexibility index (Phi) is 5.40. The molecule has 0 amide bonds. The average molecular weight is 282 g/mol. The highest BCUT2D eigenvalue weighted by atomic mass is 15.1. The van der Waals surface area contributed by atoms with Crippen molar-refractivity contribution in [1.29, 1.82) is 0 Å². The van der Waals surface area contributed by atoms with Gasteiger partial charge in [-0.25, -0.2) is 0 Å². The Morgan fingerprint density at radius 1 is 0.952 bits per heavy atom. The van der Waals surface area contributed by atoms with Crippen LogP contribution in [0.4, 0.5) is 11.4 Å². The molecule has 0 radical (unpaired) electrons. The van der Waals surface area contributed by atoms with Crippen molar-refractivity contribution in [2.45, 2.75) is 39.7 Å². The fourth-order valence-electron chi connectivity index (χ4n) is 2.71. The Morgan fingerprint density at radius 3 is 2.19 bits per heavy atom. The highest BCUT2D eigenvalue weighted by molar-refractivity contribution is 5.69. The molecule has 2 heteroatoms. The van der Waals surface area contributed by atoms with E-state index >= 15 is 0 Å². The molecule has 0 spiro atoms. The van der Waals surface area contributed by atoms with E-state index in [9.17, 15) is 0 Å². The molecular weight excluding hydrogens is 256 g/mol. The summed E-state index contributed by atoms with van der Waals surface area (Å²) in [6.07, 6.45) is 1.93. The minimum atomic E-state index is 0.224. The third kappa shape index (κ3) is 3.64. The maximum Gasteiger partial charge on any atom is 0.0443 e. The molecule has 0 saturated carbocycles. The molecule has 2 rings (SSSR count). The Bertz CT molecular complexity index is 577. The maximum atomic E-state index is 6.17. The zero-order valence-electron chi connectivity index (χ0n) is 13.3. The summed E-state index contributed by atoms with van der Waals surface area (Å²) in [4.78, 5) is 2.38. The summed E-state index contributed by atoms with van der Waals surface area (Å²) in [6, 6.07) is 17.4. The van der Waals surface area contributed by atoms with Gasteiger partial charge in [0.05, 0.1) is 0 Å². The summed E-state index contributed by atoms with van der Waals surface area (Å²) in [7, 11) is 0. The molecule has 21 heavy (non-hydrogen) atoms. The van der Waals surface area contributed by atoms with Crippen molar-refractivity contribution in [3.8, 4) is 0 Å². The number of anilines is 2. The van der Waals surface area contributed by atoms with Crippen LogP contribution >= 0.6 is 0 Å². The molecule has 2 aromatic rings. The van der Waals surface area contributed by atoms with Crippen molar-refractivity contribution in [3.05, 3.63) is 59.7 Å². The average Bonchev–Trinajstić information content (AvgIpc) is 2.51. The van der Waals surface area contributed by atoms with Crippen LogP contribution in [0.2, 0.25) is 0 Å². The van der Waals surface area contributed by atoms with Crippen LogP contribution in [0.3, 0.4) is 0 Å². The molecule has 2 aromatic carbocycles. The highest BCUT2D eigenvalue weighted by Gasteiger charge is 2.14. The lowest BCUT2D eigenvalue weighted by atomic mass is 10.0. The van der Waals surface area contributed by atoms with Crippen molar-refractivity contribution in [3.63, 3.8) is 0 Å². The van der Waals surface area contributed by atoms with Crippen LogP contribution in [0.5, 0.6) is 0 Å². The van der Waals surface area contributed by atoms with Gasteiger partial charge in [0, 0.05) is 24.0 Å². The van der Waals surface area contributed by atoms with Crippen LogP contribution in [0.1, 0.15) is 31.4 Å². The van der Waals surface area contributed by atoms with Crippen molar-refractivity contribution in [2.75, 3.05) is 11.4 Å². The molecule has 1 atom stereocenters. The molecule has 2 nitrogen and oxygen atoms in total. The van der Waals surface area contributed by atoms with Gasteiger partial charge in [-0.3, -0.25) is 0 Å². The highest BCUT2D eigenvalue weighted by Crippen LogP contribution is 2.31. The zero-order chi connectivity index (χ0) is 15.2. The van der Waals surface area contributed by atoms with Gasteiger partial charge in [-0.1, -0.05) is 43.3 Å². The van der Waals surface area contributed by atoms with E-state index in [1.807, 2.05) is 0 Å². The Morgan fingerprint density at radius 2 is 1.57 bits per heavy atom. The Balaban J connectivity index is 2.41. The Hall–Kier alpha value is -1.80. The van der Waals surface area contributed by atoms with Crippen molar-refractivity contribution in [2.24, 2.45) is 5.73 Å². The molecule has 112 valence electrons. The van der Waals surface area contributed by atoms with E-state index in [-0.39, 0.29) is 6.04 Å². The molecule has 0 aliphatic carbocycles. The summed E-state index contributed by atoms with van der Waals surface area (Å²) in [5.41, 5.74) is 11.3. The lowest BCUT2D eigenvalue weighted by Crippen LogP contribution is -2.24. The standard InChI is InChI=1S/C19H26N2/c1-4-17(20)14-16-11-7-9-13-19(16)21(5-2)18-12-8-6-10-15(18)3/h6-13,17H,4-5,14,20H2,1-3H3. The molecule has 0 aromatic heterocycles. The predicted octanol–water partition coefficient (Wildman–Crippen LogP) is 4.43. The number of benzene rings is 2. The van der Waals surface area contributed by atoms with Gasteiger partial charge in [0.1, 0.15) is 0 Å². The second kappa shape index (κ2) is 7.28. The minimum Gasteiger partial charge on any atom is -0.341 e. The van der Waals surface area contributed by atoms with E-state index in [1.165, 1.54) is 22.5 Å². The molecule has 0 saturated heterocycles. The quantitative estimate of drug-likeness (QED) is 0.849. The van der Waals surface area contributed by atoms with Crippen molar-refractivity contribution < 1.29 is 0 Å². The SMILES string of the molecule is CCC(N)Cc1ccccc1N(CC)c1ccccc1C. The molecule has 1 unspecified atom stereocenters. The normalized spacial score (nSPS) is 12.2. The van der Waals surface area contributed by atoms with E-state index in [0.717, 1.165) is 19.4 Å². The molecule has 0 bridgehead atoms. The van der Waals surface area contributed by atoms with Gasteiger partial charge in [-0.2, -0.15) is 0 Å². The van der Waals surface area contributed by atoms with E-state index in [1.54, 1.807) is 0 Å². The largest absolute Gasteiger partial charge is 0.341 e. The van der Waals surface area contributed by atoms with E-state index in [2.05, 4.69) is 74.2 Å². The monoisotopic (exact) mass is 282 g/mol. The summed E-state index contributed by atoms with van der Waals surface area (Å²) >= 11 is 0. The van der Waals surface area contributed by atoms with Gasteiger partial charge in [-0.05, 0) is 49.9 Å². The lowest BCUT2D eigenvalue weighted by Gasteiger charge is -2.28. The van der Waals surface area contributed by atoms with Gasteiger partial charge in [0.25, 0.3) is 0 Å². The first-order chi connectivity index (χ1) is 10.2. The summed E-state index contributed by atoms with van der Waals surface area (Å²) in [5.74, 6) is 0. The first kappa shape index (κ1) is 15.6. The van der Waals surface area contributed by atoms with E-state index in [0.29, 0.717) is 0 Å². The molecule has 0 aliphatic heterocycles. The number of aryl methyl sites for hydroxylation is 1. The number of nitrogens with zero attached hydrogens (tertiary/aromatic N) is 1. The van der Waals surface area contributed by atoms with Crippen LogP contribution in [0, 0.1) is 6.92 Å². The number of rotatable bonds is 6. The van der Waals surface area contributed by atoms with Gasteiger partial charge in [-0.15, -0.1) is 0 Å². The van der Waals surface area contributed by atoms with Gasteiger partial charge >= 0.3 is 0 Å². The zero-order valence-corrected chi connectivity index (χ0v) is 13.3. The maximum absolute atomic E-state index is 6.17. The van der Waals surface area contributed by atoms with Crippen molar-refractivity contribution >= 4 is 11.4 Å². The summed E-state index contributed by atoms with van der Waals surface area (Å²) in [5, 5.41) is 0. The summed E-state index contributed by atoms with van der Waals surface area (Å²) < 4.78 is 0. The summed E-state index contributed by atoms with van der Waals surface area (Å²) in [6.45, 7) is 7.46. The first-order valence-electron chi connectivity index (χ1n) is 7.84. The van der Waals surface area contributed by atoms with E-state index in [4.69, 9.17) is 5.73 Å². The van der Waals surface area contributed by atoms with Crippen molar-refractivity contribution in [1.82, 2.24) is 0 Å². The molecule has 2 N–H and O–H groups in total. The van der Waals surface area contributed by atoms with Crippen LogP contribution in [-0.2, 0) is 6.42 Å². The Labute approximate surface area is 128 Å². The molecule has 0 fully saturated rings. The van der Waals surface area contributed by atoms with Crippen LogP contribution < -0.4 is 10.6 Å². The number of hydrogen-bond acceptors (Lipinski definition) is 2. The lowest BCUT2D eigenvalue weighted by molar-refractivity contribution is 0.646. The predicted molar refractivity (Wildman–Crippen MR) is 92.3 cm³/mol. The number of hydrogen-bond donors (Lipinski definition) is 1. The topological polar surface area (TPSA) is 29.3 Å². The molecule has 0 heterocycles. The van der Waals surface area contributed by atoms with Gasteiger partial charge < -0.3 is 10.6 Å². The van der Waals surface area contributed by atoms with E-state index < -0.39 is 0 Å². The first-order valence-corrected chi connectivity index (χ1v) is 7.84.